The summed E-state index contributed by atoms with van der Waals surface area (Å²) in [5.41, 5.74) is 7.12. The maximum atomic E-state index is 11.4. The quantitative estimate of drug-likeness (QED) is 0.747. The third-order valence-corrected chi connectivity index (χ3v) is 2.68. The molecule has 0 heterocycles. The highest BCUT2D eigenvalue weighted by atomic mass is 16.5. The van der Waals surface area contributed by atoms with Gasteiger partial charge >= 0.3 is 0 Å². The average molecular weight is 252 g/mol. The molecule has 5 heteroatoms. The summed E-state index contributed by atoms with van der Waals surface area (Å²) in [6.07, 6.45) is 0.997. The van der Waals surface area contributed by atoms with E-state index in [0.29, 0.717) is 12.8 Å². The van der Waals surface area contributed by atoms with Crippen LogP contribution >= 0.6 is 0 Å². The Hall–Kier alpha value is -1.75. The summed E-state index contributed by atoms with van der Waals surface area (Å²) in [5, 5.41) is 0. The molecule has 0 bridgehead atoms. The van der Waals surface area contributed by atoms with Gasteiger partial charge in [-0.25, -0.2) is 5.43 Å². The highest BCUT2D eigenvalue weighted by molar-refractivity contribution is 5.75. The van der Waals surface area contributed by atoms with E-state index in [0.717, 1.165) is 22.6 Å². The van der Waals surface area contributed by atoms with E-state index < -0.39 is 0 Å². The lowest BCUT2D eigenvalue weighted by molar-refractivity contribution is -0.121. The van der Waals surface area contributed by atoms with Crippen LogP contribution in [0.4, 0.5) is 0 Å². The molecule has 0 saturated heterocycles. The SMILES string of the molecule is CNNC(=O)CCc1cc(OC)c(C)cc1OC. The van der Waals surface area contributed by atoms with Crippen molar-refractivity contribution in [2.45, 2.75) is 19.8 Å². The van der Waals surface area contributed by atoms with Crippen LogP contribution in [0.3, 0.4) is 0 Å². The van der Waals surface area contributed by atoms with E-state index in [1.54, 1.807) is 21.3 Å². The molecule has 0 spiro atoms. The molecule has 0 fully saturated rings. The van der Waals surface area contributed by atoms with Crippen LogP contribution in [0, 0.1) is 6.92 Å². The molecule has 1 aromatic rings. The van der Waals surface area contributed by atoms with Crippen molar-refractivity contribution in [1.29, 1.82) is 0 Å². The first kappa shape index (κ1) is 14.3. The predicted octanol–water partition coefficient (Wildman–Crippen LogP) is 1.20. The highest BCUT2D eigenvalue weighted by Crippen LogP contribution is 2.28. The van der Waals surface area contributed by atoms with Gasteiger partial charge in [-0.05, 0) is 36.6 Å². The molecular formula is C13H20N2O3. The van der Waals surface area contributed by atoms with Gasteiger partial charge in [0, 0.05) is 13.5 Å². The smallest absolute Gasteiger partial charge is 0.234 e. The number of aryl methyl sites for hydroxylation is 2. The van der Waals surface area contributed by atoms with Gasteiger partial charge in [0.1, 0.15) is 11.5 Å². The Morgan fingerprint density at radius 3 is 2.44 bits per heavy atom. The first-order chi connectivity index (χ1) is 8.62. The summed E-state index contributed by atoms with van der Waals surface area (Å²) in [5.74, 6) is 1.53. The van der Waals surface area contributed by atoms with E-state index in [-0.39, 0.29) is 5.91 Å². The van der Waals surface area contributed by atoms with Gasteiger partial charge in [-0.1, -0.05) is 0 Å². The third-order valence-electron chi connectivity index (χ3n) is 2.68. The van der Waals surface area contributed by atoms with E-state index in [2.05, 4.69) is 10.9 Å². The van der Waals surface area contributed by atoms with Crippen LogP contribution in [0.2, 0.25) is 0 Å². The van der Waals surface area contributed by atoms with Gasteiger partial charge in [0.15, 0.2) is 0 Å². The van der Waals surface area contributed by atoms with Crippen LogP contribution in [0.15, 0.2) is 12.1 Å². The molecule has 0 aliphatic rings. The molecule has 1 amide bonds. The maximum Gasteiger partial charge on any atom is 0.234 e. The van der Waals surface area contributed by atoms with E-state index >= 15 is 0 Å². The van der Waals surface area contributed by atoms with Crippen molar-refractivity contribution >= 4 is 5.91 Å². The van der Waals surface area contributed by atoms with Gasteiger partial charge in [0.05, 0.1) is 14.2 Å². The minimum atomic E-state index is -0.0564. The summed E-state index contributed by atoms with van der Waals surface area (Å²) in [4.78, 5) is 11.4. The zero-order valence-electron chi connectivity index (χ0n) is 11.3. The Labute approximate surface area is 107 Å². The van der Waals surface area contributed by atoms with E-state index in [1.807, 2.05) is 19.1 Å². The minimum Gasteiger partial charge on any atom is -0.496 e. The second kappa shape index (κ2) is 6.86. The van der Waals surface area contributed by atoms with Crippen LogP contribution in [0.25, 0.3) is 0 Å². The lowest BCUT2D eigenvalue weighted by Gasteiger charge is -2.13. The predicted molar refractivity (Wildman–Crippen MR) is 69.8 cm³/mol. The number of nitrogens with one attached hydrogen (secondary N) is 2. The van der Waals surface area contributed by atoms with E-state index in [9.17, 15) is 4.79 Å². The normalized spacial score (nSPS) is 10.0. The van der Waals surface area contributed by atoms with E-state index in [4.69, 9.17) is 9.47 Å². The van der Waals surface area contributed by atoms with Crippen LogP contribution in [-0.4, -0.2) is 27.2 Å². The first-order valence-electron chi connectivity index (χ1n) is 5.79. The monoisotopic (exact) mass is 252 g/mol. The molecule has 0 saturated carbocycles. The number of amides is 1. The van der Waals surface area contributed by atoms with Gasteiger partial charge in [-0.15, -0.1) is 0 Å². The fourth-order valence-corrected chi connectivity index (χ4v) is 1.76. The highest BCUT2D eigenvalue weighted by Gasteiger charge is 2.10. The standard InChI is InChI=1S/C13H20N2O3/c1-9-7-12(18-4)10(8-11(9)17-3)5-6-13(16)15-14-2/h7-8,14H,5-6H2,1-4H3,(H,15,16). The molecule has 100 valence electrons. The average Bonchev–Trinajstić information content (AvgIpc) is 2.37. The maximum absolute atomic E-state index is 11.4. The van der Waals surface area contributed by atoms with E-state index in [1.165, 1.54) is 0 Å². The lowest BCUT2D eigenvalue weighted by atomic mass is 10.0. The molecule has 5 nitrogen and oxygen atoms in total. The van der Waals surface area contributed by atoms with Gasteiger partial charge in [0.25, 0.3) is 0 Å². The van der Waals surface area contributed by atoms with Crippen LogP contribution in [0.5, 0.6) is 11.5 Å². The molecule has 0 aromatic heterocycles. The van der Waals surface area contributed by atoms with Crippen molar-refractivity contribution in [1.82, 2.24) is 10.9 Å². The molecule has 2 N–H and O–H groups in total. The zero-order valence-corrected chi connectivity index (χ0v) is 11.3. The molecule has 0 unspecified atom stereocenters. The Morgan fingerprint density at radius 1 is 1.22 bits per heavy atom. The van der Waals surface area contributed by atoms with Crippen molar-refractivity contribution < 1.29 is 14.3 Å². The Balaban J connectivity index is 2.83. The molecule has 0 aliphatic carbocycles. The van der Waals surface area contributed by atoms with Crippen molar-refractivity contribution in [2.75, 3.05) is 21.3 Å². The number of rotatable bonds is 6. The zero-order chi connectivity index (χ0) is 13.5. The molecular weight excluding hydrogens is 232 g/mol. The number of hydrogen-bond acceptors (Lipinski definition) is 4. The summed E-state index contributed by atoms with van der Waals surface area (Å²) in [7, 11) is 4.91. The summed E-state index contributed by atoms with van der Waals surface area (Å²) >= 11 is 0. The summed E-state index contributed by atoms with van der Waals surface area (Å²) in [6.45, 7) is 1.96. The van der Waals surface area contributed by atoms with Crippen LogP contribution < -0.4 is 20.3 Å². The fourth-order valence-electron chi connectivity index (χ4n) is 1.76. The largest absolute Gasteiger partial charge is 0.496 e. The third kappa shape index (κ3) is 3.63. The van der Waals surface area contributed by atoms with Crippen LogP contribution in [0.1, 0.15) is 17.5 Å². The Morgan fingerprint density at radius 2 is 1.89 bits per heavy atom. The molecule has 0 aliphatic heterocycles. The van der Waals surface area contributed by atoms with Gasteiger partial charge in [0.2, 0.25) is 5.91 Å². The Kier molecular flexibility index (Phi) is 5.45. The number of hydrogen-bond donors (Lipinski definition) is 2. The van der Waals surface area contributed by atoms with Crippen molar-refractivity contribution in [3.05, 3.63) is 23.3 Å². The topological polar surface area (TPSA) is 59.6 Å². The second-order valence-electron chi connectivity index (χ2n) is 3.93. The van der Waals surface area contributed by atoms with Crippen LogP contribution in [-0.2, 0) is 11.2 Å². The molecule has 1 rings (SSSR count). The lowest BCUT2D eigenvalue weighted by Crippen LogP contribution is -2.34. The number of ether oxygens (including phenoxy) is 2. The second-order valence-corrected chi connectivity index (χ2v) is 3.93. The Bertz CT molecular complexity index is 419. The van der Waals surface area contributed by atoms with Crippen molar-refractivity contribution in [3.63, 3.8) is 0 Å². The number of carbonyl (C=O) groups excluding carboxylic acids is 1. The number of benzene rings is 1. The van der Waals surface area contributed by atoms with Crippen molar-refractivity contribution in [2.24, 2.45) is 0 Å². The number of carbonyl (C=O) groups is 1. The van der Waals surface area contributed by atoms with Gasteiger partial charge in [-0.2, -0.15) is 0 Å². The molecule has 18 heavy (non-hydrogen) atoms. The number of methoxy groups -OCH3 is 2. The van der Waals surface area contributed by atoms with Gasteiger partial charge < -0.3 is 9.47 Å². The summed E-state index contributed by atoms with van der Waals surface area (Å²) in [6, 6.07) is 3.84. The molecule has 0 atom stereocenters. The fraction of sp³-hybridized carbons (Fsp3) is 0.462. The number of hydrazine groups is 1. The first-order valence-corrected chi connectivity index (χ1v) is 5.79. The van der Waals surface area contributed by atoms with Crippen molar-refractivity contribution in [3.8, 4) is 11.5 Å². The minimum absolute atomic E-state index is 0.0564. The molecule has 0 radical (unpaired) electrons. The van der Waals surface area contributed by atoms with Gasteiger partial charge in [-0.3, -0.25) is 10.2 Å². The summed E-state index contributed by atoms with van der Waals surface area (Å²) < 4.78 is 10.6. The molecule has 1 aromatic carbocycles.